The first kappa shape index (κ1) is 18.2. The maximum Gasteiger partial charge on any atom is 0.354 e. The zero-order valence-electron chi connectivity index (χ0n) is 14.3. The Morgan fingerprint density at radius 3 is 2.39 bits per heavy atom. The number of nitrogens with zero attached hydrogens (tertiary/aromatic N) is 2. The molecule has 0 unspecified atom stereocenters. The second-order valence-corrected chi connectivity index (χ2v) is 6.74. The lowest BCUT2D eigenvalue weighted by atomic mass is 10.1. The van der Waals surface area contributed by atoms with E-state index in [4.69, 9.17) is 27.6 Å². The number of pyridine rings is 1. The molecule has 5 nitrogen and oxygen atoms in total. The van der Waals surface area contributed by atoms with Crippen molar-refractivity contribution in [1.29, 1.82) is 0 Å². The zero-order valence-corrected chi connectivity index (χ0v) is 15.8. The number of benzene rings is 2. The summed E-state index contributed by atoms with van der Waals surface area (Å²) in [7, 11) is 0. The standard InChI is InChI=1S/C21H12Cl2N2O3/c22-15-7-6-13(10-16(15)23)18-19(12-4-2-1-3-5-12)28-20(25-18)14-8-9-24-17(11-14)21(26)27/h1-11H,(H,26,27). The van der Waals surface area contributed by atoms with Gasteiger partial charge in [-0.15, -0.1) is 0 Å². The Balaban J connectivity index is 1.91. The van der Waals surface area contributed by atoms with Crippen molar-refractivity contribution in [2.24, 2.45) is 0 Å². The van der Waals surface area contributed by atoms with Gasteiger partial charge in [-0.25, -0.2) is 14.8 Å². The number of carbonyl (C=O) groups is 1. The van der Waals surface area contributed by atoms with Gasteiger partial charge in [-0.1, -0.05) is 59.6 Å². The quantitative estimate of drug-likeness (QED) is 0.441. The highest BCUT2D eigenvalue weighted by Gasteiger charge is 2.19. The highest BCUT2D eigenvalue weighted by Crippen LogP contribution is 2.37. The SMILES string of the molecule is O=C(O)c1cc(-c2nc(-c3ccc(Cl)c(Cl)c3)c(-c3ccccc3)o2)ccn1. The summed E-state index contributed by atoms with van der Waals surface area (Å²) in [6.45, 7) is 0. The number of halogens is 2. The Bertz CT molecular complexity index is 1170. The fraction of sp³-hybridized carbons (Fsp3) is 0. The number of aromatic nitrogens is 2. The molecule has 0 spiro atoms. The first-order valence-electron chi connectivity index (χ1n) is 8.24. The lowest BCUT2D eigenvalue weighted by molar-refractivity contribution is 0.0690. The molecule has 0 aliphatic heterocycles. The molecule has 7 heteroatoms. The summed E-state index contributed by atoms with van der Waals surface area (Å²) in [5.74, 6) is -0.297. The molecular weight excluding hydrogens is 399 g/mol. The van der Waals surface area contributed by atoms with E-state index >= 15 is 0 Å². The van der Waals surface area contributed by atoms with Crippen LogP contribution in [0, 0.1) is 0 Å². The molecule has 0 radical (unpaired) electrons. The summed E-state index contributed by atoms with van der Waals surface area (Å²) in [6, 6.07) is 17.8. The fourth-order valence-corrected chi connectivity index (χ4v) is 3.05. The highest BCUT2D eigenvalue weighted by atomic mass is 35.5. The van der Waals surface area contributed by atoms with Gasteiger partial charge in [-0.2, -0.15) is 0 Å². The minimum Gasteiger partial charge on any atom is -0.477 e. The molecule has 0 atom stereocenters. The Hall–Kier alpha value is -3.15. The van der Waals surface area contributed by atoms with Gasteiger partial charge in [-0.3, -0.25) is 0 Å². The van der Waals surface area contributed by atoms with E-state index in [1.54, 1.807) is 24.3 Å². The molecular formula is C21H12Cl2N2O3. The summed E-state index contributed by atoms with van der Waals surface area (Å²) in [5.41, 5.74) is 2.56. The van der Waals surface area contributed by atoms with Gasteiger partial charge in [0.1, 0.15) is 11.4 Å². The molecule has 0 aliphatic carbocycles. The van der Waals surface area contributed by atoms with Crippen LogP contribution in [0.1, 0.15) is 10.5 Å². The average molecular weight is 411 g/mol. The van der Waals surface area contributed by atoms with Crippen molar-refractivity contribution in [1.82, 2.24) is 9.97 Å². The Kier molecular flexibility index (Phi) is 4.86. The average Bonchev–Trinajstić information content (AvgIpc) is 3.16. The predicted molar refractivity (Wildman–Crippen MR) is 108 cm³/mol. The molecule has 0 saturated heterocycles. The second-order valence-electron chi connectivity index (χ2n) is 5.93. The zero-order chi connectivity index (χ0) is 19.7. The van der Waals surface area contributed by atoms with Gasteiger partial charge in [0.2, 0.25) is 5.89 Å². The number of aromatic carboxylic acids is 1. The van der Waals surface area contributed by atoms with Crippen LogP contribution in [0.25, 0.3) is 34.0 Å². The maximum absolute atomic E-state index is 11.2. The summed E-state index contributed by atoms with van der Waals surface area (Å²) >= 11 is 12.2. The van der Waals surface area contributed by atoms with Crippen LogP contribution >= 0.6 is 23.2 Å². The van der Waals surface area contributed by atoms with Crippen LogP contribution in [0.2, 0.25) is 10.0 Å². The molecule has 4 aromatic rings. The smallest absolute Gasteiger partial charge is 0.354 e. The van der Waals surface area contributed by atoms with Crippen molar-refractivity contribution >= 4 is 29.2 Å². The molecule has 0 bridgehead atoms. The molecule has 0 aliphatic rings. The van der Waals surface area contributed by atoms with Crippen LogP contribution in [0.4, 0.5) is 0 Å². The predicted octanol–water partition coefficient (Wildman–Crippen LogP) is 6.08. The van der Waals surface area contributed by atoms with E-state index in [-0.39, 0.29) is 11.6 Å². The second kappa shape index (κ2) is 7.46. The lowest BCUT2D eigenvalue weighted by Crippen LogP contribution is -1.99. The highest BCUT2D eigenvalue weighted by molar-refractivity contribution is 6.42. The molecule has 0 saturated carbocycles. The van der Waals surface area contributed by atoms with Gasteiger partial charge >= 0.3 is 5.97 Å². The van der Waals surface area contributed by atoms with Crippen molar-refractivity contribution in [2.45, 2.75) is 0 Å². The van der Waals surface area contributed by atoms with Crippen molar-refractivity contribution in [3.63, 3.8) is 0 Å². The van der Waals surface area contributed by atoms with E-state index in [1.165, 1.54) is 12.3 Å². The molecule has 28 heavy (non-hydrogen) atoms. The topological polar surface area (TPSA) is 76.2 Å². The number of oxazole rings is 1. The van der Waals surface area contributed by atoms with E-state index in [9.17, 15) is 9.90 Å². The summed E-state index contributed by atoms with van der Waals surface area (Å²) in [6.07, 6.45) is 1.41. The Morgan fingerprint density at radius 2 is 1.68 bits per heavy atom. The summed E-state index contributed by atoms with van der Waals surface area (Å²) in [4.78, 5) is 19.7. The molecule has 2 aromatic heterocycles. The van der Waals surface area contributed by atoms with E-state index in [2.05, 4.69) is 9.97 Å². The van der Waals surface area contributed by atoms with Crippen LogP contribution in [0.15, 0.2) is 71.3 Å². The number of hydrogen-bond donors (Lipinski definition) is 1. The Morgan fingerprint density at radius 1 is 0.893 bits per heavy atom. The van der Waals surface area contributed by atoms with Crippen LogP contribution in [-0.4, -0.2) is 21.0 Å². The van der Waals surface area contributed by atoms with E-state index < -0.39 is 5.97 Å². The molecule has 2 aromatic carbocycles. The van der Waals surface area contributed by atoms with Gasteiger partial charge < -0.3 is 9.52 Å². The van der Waals surface area contributed by atoms with Gasteiger partial charge in [-0.05, 0) is 24.3 Å². The van der Waals surface area contributed by atoms with Crippen molar-refractivity contribution in [3.8, 4) is 34.0 Å². The number of carboxylic acid groups (broad SMARTS) is 1. The molecule has 4 rings (SSSR count). The van der Waals surface area contributed by atoms with E-state index in [0.717, 1.165) is 11.1 Å². The monoisotopic (exact) mass is 410 g/mol. The number of carboxylic acids is 1. The van der Waals surface area contributed by atoms with Crippen LogP contribution in [-0.2, 0) is 0 Å². The number of rotatable bonds is 4. The first-order chi connectivity index (χ1) is 13.5. The molecule has 2 heterocycles. The fourth-order valence-electron chi connectivity index (χ4n) is 2.75. The van der Waals surface area contributed by atoms with Crippen LogP contribution in [0.5, 0.6) is 0 Å². The Labute approximate surface area is 170 Å². The third kappa shape index (κ3) is 3.50. The summed E-state index contributed by atoms with van der Waals surface area (Å²) in [5, 5.41) is 10.0. The van der Waals surface area contributed by atoms with Gasteiger partial charge in [0.15, 0.2) is 5.76 Å². The molecule has 1 N–H and O–H groups in total. The van der Waals surface area contributed by atoms with E-state index in [1.807, 2.05) is 30.3 Å². The lowest BCUT2D eigenvalue weighted by Gasteiger charge is -2.03. The summed E-state index contributed by atoms with van der Waals surface area (Å²) < 4.78 is 6.04. The van der Waals surface area contributed by atoms with Crippen LogP contribution in [0.3, 0.4) is 0 Å². The minimum atomic E-state index is -1.12. The van der Waals surface area contributed by atoms with Gasteiger partial charge in [0.05, 0.1) is 10.0 Å². The van der Waals surface area contributed by atoms with Crippen molar-refractivity contribution in [3.05, 3.63) is 82.6 Å². The van der Waals surface area contributed by atoms with Crippen molar-refractivity contribution in [2.75, 3.05) is 0 Å². The third-order valence-electron chi connectivity index (χ3n) is 4.08. The van der Waals surface area contributed by atoms with Crippen LogP contribution < -0.4 is 0 Å². The molecule has 0 amide bonds. The van der Waals surface area contributed by atoms with E-state index in [0.29, 0.717) is 27.1 Å². The largest absolute Gasteiger partial charge is 0.477 e. The number of hydrogen-bond acceptors (Lipinski definition) is 4. The normalized spacial score (nSPS) is 10.8. The van der Waals surface area contributed by atoms with Crippen molar-refractivity contribution < 1.29 is 14.3 Å². The third-order valence-corrected chi connectivity index (χ3v) is 4.82. The molecule has 138 valence electrons. The molecule has 0 fully saturated rings. The first-order valence-corrected chi connectivity index (χ1v) is 9.00. The maximum atomic E-state index is 11.2. The van der Waals surface area contributed by atoms with Gasteiger partial charge in [0, 0.05) is 22.9 Å². The minimum absolute atomic E-state index is 0.0898. The van der Waals surface area contributed by atoms with Gasteiger partial charge in [0.25, 0.3) is 0 Å².